The number of morpholine rings is 1. The summed E-state index contributed by atoms with van der Waals surface area (Å²) in [6.45, 7) is 5.36. The molecule has 2 saturated heterocycles. The molecule has 5 rings (SSSR count). The SMILES string of the molecule is CCc1ncnc(-c2ccc(C(=O)N3CCC4(CC3)CNCCO4)c(F)c2)c1C#Cc1ccc(N)nc1. The lowest BCUT2D eigenvalue weighted by Gasteiger charge is -2.44. The number of likely N-dealkylation sites (tertiary alicyclic amines) is 1. The van der Waals surface area contributed by atoms with E-state index in [2.05, 4.69) is 32.1 Å². The van der Waals surface area contributed by atoms with Gasteiger partial charge in [-0.1, -0.05) is 24.8 Å². The van der Waals surface area contributed by atoms with E-state index in [0.717, 1.165) is 31.6 Å². The second-order valence-electron chi connectivity index (χ2n) is 9.31. The minimum absolute atomic E-state index is 0.0488. The number of amides is 1. The minimum atomic E-state index is -0.586. The number of carbonyl (C=O) groups is 1. The molecule has 2 aliphatic rings. The van der Waals surface area contributed by atoms with Crippen LogP contribution in [0.15, 0.2) is 42.9 Å². The van der Waals surface area contributed by atoms with Gasteiger partial charge in [-0.15, -0.1) is 0 Å². The summed E-state index contributed by atoms with van der Waals surface area (Å²) in [6.07, 6.45) is 5.15. The number of pyridine rings is 1. The number of nitrogens with one attached hydrogen (secondary N) is 1. The van der Waals surface area contributed by atoms with Gasteiger partial charge in [-0.05, 0) is 43.5 Å². The van der Waals surface area contributed by atoms with Gasteiger partial charge in [-0.3, -0.25) is 4.79 Å². The summed E-state index contributed by atoms with van der Waals surface area (Å²) in [5.74, 6) is 5.72. The van der Waals surface area contributed by atoms with Crippen LogP contribution in [0.2, 0.25) is 0 Å². The largest absolute Gasteiger partial charge is 0.384 e. The van der Waals surface area contributed by atoms with Crippen LogP contribution in [0, 0.1) is 17.7 Å². The maximum atomic E-state index is 15.3. The van der Waals surface area contributed by atoms with Crippen LogP contribution in [0.25, 0.3) is 11.3 Å². The van der Waals surface area contributed by atoms with Gasteiger partial charge in [0.1, 0.15) is 18.0 Å². The summed E-state index contributed by atoms with van der Waals surface area (Å²) in [5, 5.41) is 3.37. The molecule has 3 N–H and O–H groups in total. The molecule has 8 nitrogen and oxygen atoms in total. The lowest BCUT2D eigenvalue weighted by molar-refractivity contribution is -0.0954. The normalized spacial score (nSPS) is 16.8. The number of rotatable bonds is 3. The number of aromatic nitrogens is 3. The van der Waals surface area contributed by atoms with Gasteiger partial charge in [-0.2, -0.15) is 0 Å². The van der Waals surface area contributed by atoms with Crippen LogP contribution < -0.4 is 11.1 Å². The lowest BCUT2D eigenvalue weighted by Crippen LogP contribution is -2.56. The fourth-order valence-corrected chi connectivity index (χ4v) is 4.81. The number of ether oxygens (including phenoxy) is 1. The van der Waals surface area contributed by atoms with Gasteiger partial charge in [0.15, 0.2) is 0 Å². The van der Waals surface area contributed by atoms with Crippen LogP contribution in [0.3, 0.4) is 0 Å². The molecule has 2 aromatic heterocycles. The van der Waals surface area contributed by atoms with Crippen molar-refractivity contribution in [1.82, 2.24) is 25.2 Å². The molecule has 37 heavy (non-hydrogen) atoms. The smallest absolute Gasteiger partial charge is 0.256 e. The maximum absolute atomic E-state index is 15.3. The van der Waals surface area contributed by atoms with Gasteiger partial charge >= 0.3 is 0 Å². The molecule has 0 saturated carbocycles. The Balaban J connectivity index is 1.39. The van der Waals surface area contributed by atoms with E-state index in [9.17, 15) is 4.79 Å². The number of anilines is 1. The first-order valence-electron chi connectivity index (χ1n) is 12.5. The predicted octanol–water partition coefficient (Wildman–Crippen LogP) is 2.82. The van der Waals surface area contributed by atoms with Crippen molar-refractivity contribution in [3.63, 3.8) is 0 Å². The quantitative estimate of drug-likeness (QED) is 0.533. The molecule has 2 aliphatic heterocycles. The molecule has 0 atom stereocenters. The van der Waals surface area contributed by atoms with Gasteiger partial charge in [0.05, 0.1) is 34.7 Å². The van der Waals surface area contributed by atoms with Crippen molar-refractivity contribution in [2.24, 2.45) is 0 Å². The number of aryl methyl sites for hydroxylation is 1. The highest BCUT2D eigenvalue weighted by Crippen LogP contribution is 2.30. The summed E-state index contributed by atoms with van der Waals surface area (Å²) in [4.78, 5) is 27.7. The van der Waals surface area contributed by atoms with Crippen molar-refractivity contribution in [3.8, 4) is 23.1 Å². The molecule has 3 aromatic rings. The first-order chi connectivity index (χ1) is 18.0. The molecule has 0 unspecified atom stereocenters. The molecule has 0 bridgehead atoms. The zero-order valence-corrected chi connectivity index (χ0v) is 20.8. The number of nitrogen functional groups attached to an aromatic ring is 1. The number of benzene rings is 1. The Morgan fingerprint density at radius 2 is 2.03 bits per heavy atom. The molecular formula is C28H29FN6O2. The van der Waals surface area contributed by atoms with Crippen LogP contribution in [0.4, 0.5) is 10.2 Å². The number of hydrogen-bond donors (Lipinski definition) is 2. The molecular weight excluding hydrogens is 471 g/mol. The molecule has 1 spiro atoms. The van der Waals surface area contributed by atoms with E-state index in [0.29, 0.717) is 54.3 Å². The molecule has 2 fully saturated rings. The third kappa shape index (κ3) is 5.31. The van der Waals surface area contributed by atoms with Crippen molar-refractivity contribution in [1.29, 1.82) is 0 Å². The number of nitrogens with two attached hydrogens (primary N) is 1. The monoisotopic (exact) mass is 500 g/mol. The van der Waals surface area contributed by atoms with Crippen LogP contribution in [0.1, 0.15) is 46.9 Å². The Labute approximate surface area is 215 Å². The summed E-state index contributed by atoms with van der Waals surface area (Å²) in [5.41, 5.74) is 8.59. The van der Waals surface area contributed by atoms with Crippen LogP contribution in [-0.4, -0.2) is 64.1 Å². The van der Waals surface area contributed by atoms with Crippen molar-refractivity contribution in [3.05, 3.63) is 71.1 Å². The first-order valence-corrected chi connectivity index (χ1v) is 12.5. The second kappa shape index (κ2) is 10.6. The summed E-state index contributed by atoms with van der Waals surface area (Å²) in [6, 6.07) is 8.06. The topological polar surface area (TPSA) is 106 Å². The van der Waals surface area contributed by atoms with E-state index in [1.807, 2.05) is 6.92 Å². The number of halogens is 1. The number of carbonyl (C=O) groups excluding carboxylic acids is 1. The summed E-state index contributed by atoms with van der Waals surface area (Å²) in [7, 11) is 0. The highest BCUT2D eigenvalue weighted by atomic mass is 19.1. The number of piperidine rings is 1. The van der Waals surface area contributed by atoms with Crippen LogP contribution >= 0.6 is 0 Å². The van der Waals surface area contributed by atoms with Crippen molar-refractivity contribution < 1.29 is 13.9 Å². The standard InChI is InChI=1S/C28H29FN6O2/c1-2-24-22(6-3-19-4-8-25(30)32-16-19)26(34-18-33-24)20-5-7-21(23(29)15-20)27(36)35-12-9-28(10-13-35)17-31-11-14-37-28/h4-5,7-8,15-16,18,31H,2,9-14,17H2,1H3,(H2,30,32). The van der Waals surface area contributed by atoms with E-state index in [1.54, 1.807) is 29.3 Å². The zero-order chi connectivity index (χ0) is 25.8. The van der Waals surface area contributed by atoms with Gasteiger partial charge in [0, 0.05) is 43.5 Å². The minimum Gasteiger partial charge on any atom is -0.384 e. The van der Waals surface area contributed by atoms with E-state index in [-0.39, 0.29) is 17.1 Å². The molecule has 0 radical (unpaired) electrons. The van der Waals surface area contributed by atoms with E-state index in [4.69, 9.17) is 10.5 Å². The zero-order valence-electron chi connectivity index (χ0n) is 20.8. The van der Waals surface area contributed by atoms with Crippen LogP contribution in [-0.2, 0) is 11.2 Å². The Kier molecular flexibility index (Phi) is 7.12. The Morgan fingerprint density at radius 3 is 2.70 bits per heavy atom. The van der Waals surface area contributed by atoms with Crippen molar-refractivity contribution >= 4 is 11.7 Å². The molecule has 0 aliphatic carbocycles. The summed E-state index contributed by atoms with van der Waals surface area (Å²) >= 11 is 0. The highest BCUT2D eigenvalue weighted by Gasteiger charge is 2.38. The van der Waals surface area contributed by atoms with Crippen LogP contribution in [0.5, 0.6) is 0 Å². The first kappa shape index (κ1) is 24.8. The fourth-order valence-electron chi connectivity index (χ4n) is 4.81. The van der Waals surface area contributed by atoms with E-state index < -0.39 is 5.82 Å². The number of nitrogens with zero attached hydrogens (tertiary/aromatic N) is 4. The second-order valence-corrected chi connectivity index (χ2v) is 9.31. The molecule has 1 amide bonds. The Hall–Kier alpha value is -3.87. The predicted molar refractivity (Wildman–Crippen MR) is 138 cm³/mol. The summed E-state index contributed by atoms with van der Waals surface area (Å²) < 4.78 is 21.3. The lowest BCUT2D eigenvalue weighted by atomic mass is 9.89. The maximum Gasteiger partial charge on any atom is 0.256 e. The third-order valence-electron chi connectivity index (χ3n) is 6.95. The van der Waals surface area contributed by atoms with Gasteiger partial charge < -0.3 is 20.7 Å². The van der Waals surface area contributed by atoms with Crippen molar-refractivity contribution in [2.75, 3.05) is 38.5 Å². The Morgan fingerprint density at radius 1 is 1.19 bits per heavy atom. The molecule has 9 heteroatoms. The van der Waals surface area contributed by atoms with E-state index >= 15 is 4.39 Å². The fraction of sp³-hybridized carbons (Fsp3) is 0.357. The Bertz CT molecular complexity index is 1350. The van der Waals surface area contributed by atoms with Gasteiger partial charge in [-0.25, -0.2) is 19.3 Å². The third-order valence-corrected chi connectivity index (χ3v) is 6.95. The van der Waals surface area contributed by atoms with Gasteiger partial charge in [0.25, 0.3) is 5.91 Å². The van der Waals surface area contributed by atoms with E-state index in [1.165, 1.54) is 18.5 Å². The molecule has 190 valence electrons. The average Bonchev–Trinajstić information content (AvgIpc) is 2.93. The number of hydrogen-bond acceptors (Lipinski definition) is 7. The highest BCUT2D eigenvalue weighted by molar-refractivity contribution is 5.95. The van der Waals surface area contributed by atoms with Gasteiger partial charge in [0.2, 0.25) is 0 Å². The molecule has 4 heterocycles. The molecule has 1 aromatic carbocycles. The average molecular weight is 501 g/mol. The van der Waals surface area contributed by atoms with Crippen molar-refractivity contribution in [2.45, 2.75) is 31.8 Å².